The molecule has 0 aromatic heterocycles. The van der Waals surface area contributed by atoms with Crippen molar-refractivity contribution in [1.29, 1.82) is 0 Å². The Hall–Kier alpha value is -1.14. The smallest absolute Gasteiger partial charge is 0.435 e. The van der Waals surface area contributed by atoms with Crippen LogP contribution in [-0.2, 0) is 9.47 Å². The molecule has 1 amide bonds. The lowest BCUT2D eigenvalue weighted by Gasteiger charge is -2.27. The number of hydrogen-bond acceptors (Lipinski definition) is 4. The Balaban J connectivity index is 0.00000110. The summed E-state index contributed by atoms with van der Waals surface area (Å²) in [5, 5.41) is 0. The molecule has 0 radical (unpaired) electrons. The Morgan fingerprint density at radius 2 is 1.85 bits per heavy atom. The summed E-state index contributed by atoms with van der Waals surface area (Å²) in [6.07, 6.45) is 0.732. The van der Waals surface area contributed by atoms with Crippen molar-refractivity contribution in [1.82, 2.24) is 9.80 Å². The molecule has 0 saturated carbocycles. The number of ether oxygens (including phenoxy) is 2. The van der Waals surface area contributed by atoms with Gasteiger partial charge in [0.15, 0.2) is 0 Å². The van der Waals surface area contributed by atoms with E-state index in [4.69, 9.17) is 9.47 Å². The quantitative estimate of drug-likeness (QED) is 0.586. The van der Waals surface area contributed by atoms with E-state index in [2.05, 4.69) is 18.8 Å². The summed E-state index contributed by atoms with van der Waals surface area (Å²) in [4.78, 5) is 19.3. The second-order valence-corrected chi connectivity index (χ2v) is 4.88. The van der Waals surface area contributed by atoms with Gasteiger partial charge in [-0.05, 0) is 21.0 Å². The van der Waals surface area contributed by atoms with E-state index in [1.807, 2.05) is 30.8 Å². The third-order valence-electron chi connectivity index (χ3n) is 2.49. The summed E-state index contributed by atoms with van der Waals surface area (Å²) in [5.74, 6) is 0.697. The molecule has 118 valence electrons. The molecule has 6 nitrogen and oxygen atoms in total. The third-order valence-corrected chi connectivity index (χ3v) is 2.49. The molecule has 1 aliphatic heterocycles. The van der Waals surface area contributed by atoms with Crippen molar-refractivity contribution in [3.05, 3.63) is 0 Å². The monoisotopic (exact) mass is 287 g/mol. The minimum absolute atomic E-state index is 0.367. The van der Waals surface area contributed by atoms with Crippen molar-refractivity contribution in [3.8, 4) is 0 Å². The molecule has 0 unspecified atom stereocenters. The highest BCUT2D eigenvalue weighted by Gasteiger charge is 2.12. The van der Waals surface area contributed by atoms with E-state index in [0.717, 1.165) is 13.1 Å². The molecule has 1 heterocycles. The van der Waals surface area contributed by atoms with Crippen LogP contribution < -0.4 is 0 Å². The van der Waals surface area contributed by atoms with Crippen LogP contribution in [0.2, 0.25) is 0 Å². The van der Waals surface area contributed by atoms with Crippen LogP contribution >= 0.6 is 0 Å². The molecule has 0 N–H and O–H groups in total. The number of aliphatic imine (C=N–C) groups is 1. The van der Waals surface area contributed by atoms with Crippen LogP contribution in [0.1, 0.15) is 27.2 Å². The summed E-state index contributed by atoms with van der Waals surface area (Å²) < 4.78 is 10.2. The zero-order chi connectivity index (χ0) is 15.4. The van der Waals surface area contributed by atoms with E-state index in [1.165, 1.54) is 6.42 Å². The number of hydrogen-bond donors (Lipinski definition) is 0. The van der Waals surface area contributed by atoms with Gasteiger partial charge in [0.2, 0.25) is 0 Å². The fourth-order valence-corrected chi connectivity index (χ4v) is 1.44. The Morgan fingerprint density at radius 1 is 1.30 bits per heavy atom. The van der Waals surface area contributed by atoms with Gasteiger partial charge < -0.3 is 19.3 Å². The molecule has 1 fully saturated rings. The molecule has 1 rings (SSSR count). The van der Waals surface area contributed by atoms with Crippen molar-refractivity contribution in [2.75, 3.05) is 53.6 Å². The molecule has 0 aliphatic carbocycles. The third kappa shape index (κ3) is 9.75. The highest BCUT2D eigenvalue weighted by atomic mass is 16.5. The zero-order valence-corrected chi connectivity index (χ0v) is 13.5. The second-order valence-electron chi connectivity index (χ2n) is 4.88. The fraction of sp³-hybridized carbons (Fsp3) is 0.857. The van der Waals surface area contributed by atoms with Crippen molar-refractivity contribution in [2.24, 2.45) is 4.99 Å². The summed E-state index contributed by atoms with van der Waals surface area (Å²) >= 11 is 0. The van der Waals surface area contributed by atoms with E-state index in [0.29, 0.717) is 32.2 Å². The summed E-state index contributed by atoms with van der Waals surface area (Å²) in [6, 6.07) is 0. The van der Waals surface area contributed by atoms with Crippen LogP contribution in [-0.4, -0.2) is 75.3 Å². The lowest BCUT2D eigenvalue weighted by Crippen LogP contribution is -2.39. The van der Waals surface area contributed by atoms with Crippen molar-refractivity contribution >= 4 is 11.9 Å². The number of carbonyl (C=O) groups excluding carboxylic acids is 1. The minimum atomic E-state index is -0.518. The van der Waals surface area contributed by atoms with Crippen molar-refractivity contribution in [2.45, 2.75) is 27.2 Å². The van der Waals surface area contributed by atoms with Gasteiger partial charge in [0.1, 0.15) is 12.4 Å². The number of morpholine rings is 1. The molecule has 0 bridgehead atoms. The van der Waals surface area contributed by atoms with Gasteiger partial charge in [-0.3, -0.25) is 0 Å². The molecular formula is C14H29N3O3. The van der Waals surface area contributed by atoms with Crippen LogP contribution in [0.3, 0.4) is 0 Å². The number of nitrogens with zero attached hydrogens (tertiary/aromatic N) is 3. The van der Waals surface area contributed by atoms with Crippen LogP contribution in [0.4, 0.5) is 4.79 Å². The van der Waals surface area contributed by atoms with Crippen LogP contribution in [0.15, 0.2) is 4.99 Å². The molecule has 1 saturated heterocycles. The zero-order valence-electron chi connectivity index (χ0n) is 13.5. The number of amidine groups is 1. The molecule has 0 spiro atoms. The van der Waals surface area contributed by atoms with Gasteiger partial charge in [-0.25, -0.2) is 4.79 Å². The fourth-order valence-electron chi connectivity index (χ4n) is 1.44. The molecule has 0 atom stereocenters. The first-order valence-electron chi connectivity index (χ1n) is 7.20. The second kappa shape index (κ2) is 11.7. The average molecular weight is 287 g/mol. The standard InChI is InChI=1S/C11H21N3O3.C3H8/c1-10(14-5-7-16-8-6-14)12-11(15)17-9-4-13(2)3;1-3-2/h4-9H2,1-3H3;3H2,1-2H3/b12-10-;. The Morgan fingerprint density at radius 3 is 2.35 bits per heavy atom. The molecule has 1 aliphatic rings. The molecule has 0 aromatic rings. The van der Waals surface area contributed by atoms with Crippen LogP contribution in [0.25, 0.3) is 0 Å². The number of likely N-dealkylation sites (N-methyl/N-ethyl adjacent to an activating group) is 1. The van der Waals surface area contributed by atoms with E-state index < -0.39 is 6.09 Å². The Kier molecular flexibility index (Phi) is 11.0. The molecule has 20 heavy (non-hydrogen) atoms. The SMILES string of the molecule is C/C(=N/C(=O)OCCN(C)C)N1CCOCC1.CCC. The Labute approximate surface area is 122 Å². The summed E-state index contributed by atoms with van der Waals surface area (Å²) in [6.45, 7) is 10.1. The van der Waals surface area contributed by atoms with Gasteiger partial charge in [-0.15, -0.1) is 0 Å². The predicted molar refractivity (Wildman–Crippen MR) is 81.4 cm³/mol. The maximum Gasteiger partial charge on any atom is 0.435 e. The van der Waals surface area contributed by atoms with E-state index in [1.54, 1.807) is 0 Å². The van der Waals surface area contributed by atoms with Crippen molar-refractivity contribution < 1.29 is 14.3 Å². The topological polar surface area (TPSA) is 54.4 Å². The summed E-state index contributed by atoms with van der Waals surface area (Å²) in [7, 11) is 3.85. The lowest BCUT2D eigenvalue weighted by atomic mass is 10.4. The van der Waals surface area contributed by atoms with E-state index in [9.17, 15) is 4.79 Å². The normalized spacial score (nSPS) is 15.7. The Bertz CT molecular complexity index is 287. The van der Waals surface area contributed by atoms with Crippen LogP contribution in [0, 0.1) is 0 Å². The first-order chi connectivity index (χ1) is 9.51. The maximum absolute atomic E-state index is 11.4. The lowest BCUT2D eigenvalue weighted by molar-refractivity contribution is 0.0675. The van der Waals surface area contributed by atoms with Gasteiger partial charge in [-0.2, -0.15) is 4.99 Å². The van der Waals surface area contributed by atoms with Crippen LogP contribution in [0.5, 0.6) is 0 Å². The van der Waals surface area contributed by atoms with Gasteiger partial charge >= 0.3 is 6.09 Å². The van der Waals surface area contributed by atoms with Crippen molar-refractivity contribution in [3.63, 3.8) is 0 Å². The molecular weight excluding hydrogens is 258 g/mol. The van der Waals surface area contributed by atoms with E-state index >= 15 is 0 Å². The van der Waals surface area contributed by atoms with Gasteiger partial charge in [0.05, 0.1) is 13.2 Å². The first-order valence-corrected chi connectivity index (χ1v) is 7.20. The molecule has 6 heteroatoms. The highest BCUT2D eigenvalue weighted by Crippen LogP contribution is 1.99. The molecule has 0 aromatic carbocycles. The number of rotatable bonds is 3. The highest BCUT2D eigenvalue weighted by molar-refractivity contribution is 5.90. The predicted octanol–water partition coefficient (Wildman–Crippen LogP) is 1.85. The largest absolute Gasteiger partial charge is 0.447 e. The average Bonchev–Trinajstić information content (AvgIpc) is 2.40. The number of carbonyl (C=O) groups is 1. The van der Waals surface area contributed by atoms with Gasteiger partial charge in [-0.1, -0.05) is 20.3 Å². The first kappa shape index (κ1) is 18.9. The van der Waals surface area contributed by atoms with Gasteiger partial charge in [0.25, 0.3) is 0 Å². The van der Waals surface area contributed by atoms with E-state index in [-0.39, 0.29) is 0 Å². The minimum Gasteiger partial charge on any atom is -0.447 e. The maximum atomic E-state index is 11.4. The summed E-state index contributed by atoms with van der Waals surface area (Å²) in [5.41, 5.74) is 0. The van der Waals surface area contributed by atoms with Gasteiger partial charge in [0, 0.05) is 19.6 Å². The number of amides is 1.